The summed E-state index contributed by atoms with van der Waals surface area (Å²) >= 11 is 0. The van der Waals surface area contributed by atoms with Gasteiger partial charge >= 0.3 is 0 Å². The van der Waals surface area contributed by atoms with E-state index in [0.717, 1.165) is 25.9 Å². The number of anilines is 1. The van der Waals surface area contributed by atoms with E-state index < -0.39 is 5.54 Å². The van der Waals surface area contributed by atoms with Crippen LogP contribution in [0, 0.1) is 18.3 Å². The maximum absolute atomic E-state index is 9.07. The van der Waals surface area contributed by atoms with Crippen LogP contribution in [0.25, 0.3) is 0 Å². The van der Waals surface area contributed by atoms with Crippen LogP contribution in [-0.4, -0.2) is 18.6 Å². The fourth-order valence-corrected chi connectivity index (χ4v) is 2.12. The first-order chi connectivity index (χ1) is 9.04. The van der Waals surface area contributed by atoms with Crippen LogP contribution < -0.4 is 10.6 Å². The Bertz CT molecular complexity index is 419. The molecule has 1 atom stereocenters. The highest BCUT2D eigenvalue weighted by Gasteiger charge is 2.21. The Labute approximate surface area is 117 Å². The SMILES string of the molecule is CCN(CCCC(N)(C#N)CC)c1ccc(C)cc1. The summed E-state index contributed by atoms with van der Waals surface area (Å²) in [7, 11) is 0. The number of nitrogens with zero attached hydrogens (tertiary/aromatic N) is 2. The van der Waals surface area contributed by atoms with Crippen LogP contribution in [0.1, 0.15) is 38.7 Å². The lowest BCUT2D eigenvalue weighted by Crippen LogP contribution is -2.38. The van der Waals surface area contributed by atoms with Gasteiger partial charge in [0.05, 0.1) is 6.07 Å². The van der Waals surface area contributed by atoms with Gasteiger partial charge in [-0.1, -0.05) is 24.6 Å². The molecule has 0 aliphatic rings. The second kappa shape index (κ2) is 7.16. The maximum Gasteiger partial charge on any atom is 0.104 e. The summed E-state index contributed by atoms with van der Waals surface area (Å²) in [5.41, 5.74) is 7.86. The predicted octanol–water partition coefficient (Wildman–Crippen LogP) is 3.23. The van der Waals surface area contributed by atoms with Gasteiger partial charge in [-0.05, 0) is 45.2 Å². The topological polar surface area (TPSA) is 53.0 Å². The number of aryl methyl sites for hydroxylation is 1. The van der Waals surface area contributed by atoms with Crippen molar-refractivity contribution in [3.05, 3.63) is 29.8 Å². The number of hydrogen-bond acceptors (Lipinski definition) is 3. The molecule has 0 aliphatic heterocycles. The third-order valence-electron chi connectivity index (χ3n) is 3.69. The van der Waals surface area contributed by atoms with Crippen molar-refractivity contribution in [2.24, 2.45) is 5.73 Å². The van der Waals surface area contributed by atoms with Gasteiger partial charge in [0.2, 0.25) is 0 Å². The Kier molecular flexibility index (Phi) is 5.85. The molecule has 1 aromatic carbocycles. The van der Waals surface area contributed by atoms with Crippen LogP contribution in [0.15, 0.2) is 24.3 Å². The zero-order valence-corrected chi connectivity index (χ0v) is 12.3. The van der Waals surface area contributed by atoms with E-state index >= 15 is 0 Å². The van der Waals surface area contributed by atoms with Gasteiger partial charge in [-0.2, -0.15) is 5.26 Å². The zero-order chi connectivity index (χ0) is 14.3. The summed E-state index contributed by atoms with van der Waals surface area (Å²) in [6.07, 6.45) is 2.40. The molecule has 0 amide bonds. The van der Waals surface area contributed by atoms with Crippen LogP contribution in [0.5, 0.6) is 0 Å². The number of nitrogens with two attached hydrogens (primary N) is 1. The lowest BCUT2D eigenvalue weighted by molar-refractivity contribution is 0.465. The molecule has 0 aliphatic carbocycles. The maximum atomic E-state index is 9.07. The van der Waals surface area contributed by atoms with Gasteiger partial charge in [0, 0.05) is 18.8 Å². The molecule has 2 N–H and O–H groups in total. The van der Waals surface area contributed by atoms with Gasteiger partial charge in [0.15, 0.2) is 0 Å². The smallest absolute Gasteiger partial charge is 0.104 e. The van der Waals surface area contributed by atoms with Gasteiger partial charge in [-0.3, -0.25) is 0 Å². The van der Waals surface area contributed by atoms with Crippen molar-refractivity contribution in [1.29, 1.82) is 5.26 Å². The number of nitriles is 1. The normalized spacial score (nSPS) is 13.6. The molecule has 1 aromatic rings. The molecule has 1 rings (SSSR count). The van der Waals surface area contributed by atoms with E-state index in [1.54, 1.807) is 0 Å². The Morgan fingerprint density at radius 3 is 2.37 bits per heavy atom. The van der Waals surface area contributed by atoms with E-state index in [9.17, 15) is 0 Å². The first-order valence-corrected chi connectivity index (χ1v) is 7.06. The average molecular weight is 259 g/mol. The quantitative estimate of drug-likeness (QED) is 0.818. The van der Waals surface area contributed by atoms with Crippen LogP contribution in [0.2, 0.25) is 0 Å². The summed E-state index contributed by atoms with van der Waals surface area (Å²) in [5.74, 6) is 0. The van der Waals surface area contributed by atoms with Crippen molar-refractivity contribution in [2.75, 3.05) is 18.0 Å². The van der Waals surface area contributed by atoms with Crippen molar-refractivity contribution in [1.82, 2.24) is 0 Å². The van der Waals surface area contributed by atoms with Gasteiger partial charge in [0.1, 0.15) is 5.54 Å². The highest BCUT2D eigenvalue weighted by atomic mass is 15.1. The summed E-state index contributed by atoms with van der Waals surface area (Å²) in [5, 5.41) is 9.07. The van der Waals surface area contributed by atoms with Gasteiger partial charge < -0.3 is 10.6 Å². The van der Waals surface area contributed by atoms with Gasteiger partial charge in [-0.15, -0.1) is 0 Å². The highest BCUT2D eigenvalue weighted by Crippen LogP contribution is 2.18. The molecule has 104 valence electrons. The first-order valence-electron chi connectivity index (χ1n) is 7.06. The minimum absolute atomic E-state index is 0.660. The third kappa shape index (κ3) is 4.57. The van der Waals surface area contributed by atoms with Crippen molar-refractivity contribution in [2.45, 2.75) is 45.6 Å². The largest absolute Gasteiger partial charge is 0.372 e. The van der Waals surface area contributed by atoms with Crippen molar-refractivity contribution in [3.63, 3.8) is 0 Å². The van der Waals surface area contributed by atoms with Crippen molar-refractivity contribution in [3.8, 4) is 6.07 Å². The second-order valence-corrected chi connectivity index (χ2v) is 5.14. The molecule has 0 aromatic heterocycles. The van der Waals surface area contributed by atoms with Crippen molar-refractivity contribution >= 4 is 5.69 Å². The molecule has 0 saturated heterocycles. The van der Waals surface area contributed by atoms with Crippen LogP contribution in [-0.2, 0) is 0 Å². The molecule has 0 heterocycles. The van der Waals surface area contributed by atoms with E-state index in [1.807, 2.05) is 6.92 Å². The summed E-state index contributed by atoms with van der Waals surface area (Å²) in [4.78, 5) is 2.33. The fraction of sp³-hybridized carbons (Fsp3) is 0.562. The van der Waals surface area contributed by atoms with Gasteiger partial charge in [-0.25, -0.2) is 0 Å². The average Bonchev–Trinajstić information content (AvgIpc) is 2.44. The molecular formula is C16H25N3. The third-order valence-corrected chi connectivity index (χ3v) is 3.69. The summed E-state index contributed by atoms with van der Waals surface area (Å²) in [6, 6.07) is 10.8. The molecule has 0 saturated carbocycles. The van der Waals surface area contributed by atoms with E-state index in [1.165, 1.54) is 11.3 Å². The van der Waals surface area contributed by atoms with Gasteiger partial charge in [0.25, 0.3) is 0 Å². The van der Waals surface area contributed by atoms with Crippen LogP contribution in [0.4, 0.5) is 5.69 Å². The zero-order valence-electron chi connectivity index (χ0n) is 12.3. The Hall–Kier alpha value is -1.53. The van der Waals surface area contributed by atoms with Crippen molar-refractivity contribution < 1.29 is 0 Å². The molecule has 3 nitrogen and oxygen atoms in total. The Morgan fingerprint density at radius 2 is 1.89 bits per heavy atom. The molecule has 3 heteroatoms. The number of hydrogen-bond donors (Lipinski definition) is 1. The summed E-state index contributed by atoms with van der Waals surface area (Å²) < 4.78 is 0. The molecule has 0 bridgehead atoms. The number of benzene rings is 1. The Morgan fingerprint density at radius 1 is 1.26 bits per heavy atom. The molecule has 19 heavy (non-hydrogen) atoms. The minimum Gasteiger partial charge on any atom is -0.372 e. The van der Waals surface area contributed by atoms with E-state index in [2.05, 4.69) is 49.1 Å². The second-order valence-electron chi connectivity index (χ2n) is 5.14. The lowest BCUT2D eigenvalue weighted by Gasteiger charge is -2.25. The van der Waals surface area contributed by atoms with Crippen LogP contribution in [0.3, 0.4) is 0 Å². The highest BCUT2D eigenvalue weighted by molar-refractivity contribution is 5.47. The predicted molar refractivity (Wildman–Crippen MR) is 81.1 cm³/mol. The summed E-state index contributed by atoms with van der Waals surface area (Å²) in [6.45, 7) is 8.14. The molecular weight excluding hydrogens is 234 g/mol. The fourth-order valence-electron chi connectivity index (χ4n) is 2.12. The van der Waals surface area contributed by atoms with E-state index in [-0.39, 0.29) is 0 Å². The minimum atomic E-state index is -0.660. The van der Waals surface area contributed by atoms with Crippen LogP contribution >= 0.6 is 0 Å². The molecule has 0 radical (unpaired) electrons. The molecule has 0 spiro atoms. The van der Waals surface area contributed by atoms with E-state index in [0.29, 0.717) is 6.42 Å². The molecule has 0 fully saturated rings. The monoisotopic (exact) mass is 259 g/mol. The lowest BCUT2D eigenvalue weighted by atomic mass is 9.93. The first kappa shape index (κ1) is 15.5. The van der Waals surface area contributed by atoms with E-state index in [4.69, 9.17) is 11.0 Å². The molecule has 1 unspecified atom stereocenters. The Balaban J connectivity index is 2.55. The number of rotatable bonds is 7. The standard InChI is InChI=1S/C16H25N3/c1-4-16(18,13-17)11-6-12-19(5-2)15-9-7-14(3)8-10-15/h7-10H,4-6,11-12,18H2,1-3H3.